The molecular formula is C17H20N2O3. The lowest BCUT2D eigenvalue weighted by atomic mass is 10.2. The fraction of sp³-hybridized carbons (Fsp3) is 0.235. The number of nitrogens with two attached hydrogens (primary N) is 1. The largest absolute Gasteiger partial charge is 0.491 e. The molecule has 0 aliphatic carbocycles. The number of nitrogens with one attached hydrogen (secondary N) is 1. The Kier molecular flexibility index (Phi) is 5.80. The van der Waals surface area contributed by atoms with E-state index in [9.17, 15) is 4.79 Å². The van der Waals surface area contributed by atoms with Gasteiger partial charge < -0.3 is 20.5 Å². The van der Waals surface area contributed by atoms with Crippen molar-refractivity contribution >= 4 is 17.3 Å². The van der Waals surface area contributed by atoms with E-state index in [0.717, 1.165) is 0 Å². The summed E-state index contributed by atoms with van der Waals surface area (Å²) in [7, 11) is 0. The SMILES string of the molecule is CCOCCOc1ccc(C(=O)Nc2ccc(N)cc2)cc1. The lowest BCUT2D eigenvalue weighted by molar-refractivity contribution is 0.102. The molecule has 22 heavy (non-hydrogen) atoms. The summed E-state index contributed by atoms with van der Waals surface area (Å²) in [6, 6.07) is 14.0. The smallest absolute Gasteiger partial charge is 0.255 e. The summed E-state index contributed by atoms with van der Waals surface area (Å²) in [5.41, 5.74) is 7.54. The summed E-state index contributed by atoms with van der Waals surface area (Å²) in [5, 5.41) is 2.81. The molecule has 116 valence electrons. The lowest BCUT2D eigenvalue weighted by Gasteiger charge is -2.08. The van der Waals surface area contributed by atoms with E-state index in [-0.39, 0.29) is 5.91 Å². The first-order valence-corrected chi connectivity index (χ1v) is 7.16. The molecule has 0 saturated carbocycles. The van der Waals surface area contributed by atoms with Crippen molar-refractivity contribution in [1.82, 2.24) is 0 Å². The van der Waals surface area contributed by atoms with Crippen LogP contribution >= 0.6 is 0 Å². The molecule has 5 nitrogen and oxygen atoms in total. The molecule has 0 bridgehead atoms. The van der Waals surface area contributed by atoms with Crippen molar-refractivity contribution in [2.24, 2.45) is 0 Å². The second kappa shape index (κ2) is 8.05. The molecule has 5 heteroatoms. The highest BCUT2D eigenvalue weighted by atomic mass is 16.5. The summed E-state index contributed by atoms with van der Waals surface area (Å²) in [5.74, 6) is 0.536. The fourth-order valence-corrected chi connectivity index (χ4v) is 1.84. The van der Waals surface area contributed by atoms with Gasteiger partial charge >= 0.3 is 0 Å². The van der Waals surface area contributed by atoms with E-state index < -0.39 is 0 Å². The average Bonchev–Trinajstić information content (AvgIpc) is 2.54. The van der Waals surface area contributed by atoms with Crippen LogP contribution < -0.4 is 15.8 Å². The lowest BCUT2D eigenvalue weighted by Crippen LogP contribution is -2.12. The monoisotopic (exact) mass is 300 g/mol. The van der Waals surface area contributed by atoms with Crippen molar-refractivity contribution in [2.45, 2.75) is 6.92 Å². The number of hydrogen-bond acceptors (Lipinski definition) is 4. The normalized spacial score (nSPS) is 10.2. The minimum absolute atomic E-state index is 0.175. The molecule has 0 spiro atoms. The van der Waals surface area contributed by atoms with Gasteiger partial charge in [-0.2, -0.15) is 0 Å². The Labute approximate surface area is 130 Å². The second-order valence-electron chi connectivity index (χ2n) is 4.65. The zero-order valence-corrected chi connectivity index (χ0v) is 12.5. The Morgan fingerprint density at radius 3 is 2.36 bits per heavy atom. The number of anilines is 2. The maximum atomic E-state index is 12.1. The van der Waals surface area contributed by atoms with Crippen LogP contribution in [0.25, 0.3) is 0 Å². The third kappa shape index (κ3) is 4.79. The van der Waals surface area contributed by atoms with Crippen LogP contribution in [0.2, 0.25) is 0 Å². The van der Waals surface area contributed by atoms with Gasteiger partial charge in [0.2, 0.25) is 0 Å². The van der Waals surface area contributed by atoms with Crippen molar-refractivity contribution < 1.29 is 14.3 Å². The Bertz CT molecular complexity index is 594. The van der Waals surface area contributed by atoms with Crippen LogP contribution in [0.15, 0.2) is 48.5 Å². The molecule has 3 N–H and O–H groups in total. The van der Waals surface area contributed by atoms with E-state index in [1.165, 1.54) is 0 Å². The molecule has 0 fully saturated rings. The highest BCUT2D eigenvalue weighted by Gasteiger charge is 2.06. The van der Waals surface area contributed by atoms with E-state index >= 15 is 0 Å². The third-order valence-electron chi connectivity index (χ3n) is 2.99. The summed E-state index contributed by atoms with van der Waals surface area (Å²) < 4.78 is 10.7. The number of rotatable bonds is 7. The number of ether oxygens (including phenoxy) is 2. The Morgan fingerprint density at radius 2 is 1.73 bits per heavy atom. The van der Waals surface area contributed by atoms with Gasteiger partial charge in [-0.3, -0.25) is 4.79 Å². The number of carbonyl (C=O) groups excluding carboxylic acids is 1. The molecule has 0 aromatic heterocycles. The van der Waals surface area contributed by atoms with Crippen LogP contribution in [0.1, 0.15) is 17.3 Å². The molecule has 2 aromatic rings. The summed E-state index contributed by atoms with van der Waals surface area (Å²) in [6.45, 7) is 3.66. The zero-order valence-electron chi connectivity index (χ0n) is 12.5. The minimum Gasteiger partial charge on any atom is -0.491 e. The molecular weight excluding hydrogens is 280 g/mol. The van der Waals surface area contributed by atoms with Crippen LogP contribution in [0.4, 0.5) is 11.4 Å². The molecule has 0 radical (unpaired) electrons. The van der Waals surface area contributed by atoms with Crippen LogP contribution in [-0.2, 0) is 4.74 Å². The first kappa shape index (κ1) is 15.9. The summed E-state index contributed by atoms with van der Waals surface area (Å²) >= 11 is 0. The van der Waals surface area contributed by atoms with Gasteiger partial charge in [-0.25, -0.2) is 0 Å². The van der Waals surface area contributed by atoms with Crippen molar-refractivity contribution in [3.8, 4) is 5.75 Å². The summed E-state index contributed by atoms with van der Waals surface area (Å²) in [4.78, 5) is 12.1. The summed E-state index contributed by atoms with van der Waals surface area (Å²) in [6.07, 6.45) is 0. The van der Waals surface area contributed by atoms with Gasteiger partial charge in [-0.1, -0.05) is 0 Å². The van der Waals surface area contributed by atoms with Crippen LogP contribution in [0.3, 0.4) is 0 Å². The Balaban J connectivity index is 1.89. The predicted molar refractivity (Wildman–Crippen MR) is 87.2 cm³/mol. The third-order valence-corrected chi connectivity index (χ3v) is 2.99. The van der Waals surface area contributed by atoms with E-state index in [1.54, 1.807) is 48.5 Å². The predicted octanol–water partition coefficient (Wildman–Crippen LogP) is 2.94. The van der Waals surface area contributed by atoms with Crippen LogP contribution in [0.5, 0.6) is 5.75 Å². The first-order valence-electron chi connectivity index (χ1n) is 7.16. The van der Waals surface area contributed by atoms with Gasteiger partial charge in [-0.15, -0.1) is 0 Å². The zero-order chi connectivity index (χ0) is 15.8. The number of amides is 1. The average molecular weight is 300 g/mol. The van der Waals surface area contributed by atoms with Crippen molar-refractivity contribution in [3.63, 3.8) is 0 Å². The first-order chi connectivity index (χ1) is 10.7. The molecule has 0 unspecified atom stereocenters. The molecule has 1 amide bonds. The van der Waals surface area contributed by atoms with Crippen molar-refractivity contribution in [2.75, 3.05) is 30.9 Å². The minimum atomic E-state index is -0.175. The Hall–Kier alpha value is -2.53. The molecule has 2 rings (SSSR count). The highest BCUT2D eigenvalue weighted by molar-refractivity contribution is 6.04. The second-order valence-corrected chi connectivity index (χ2v) is 4.65. The van der Waals surface area contributed by atoms with Crippen LogP contribution in [-0.4, -0.2) is 25.7 Å². The molecule has 0 heterocycles. The maximum absolute atomic E-state index is 12.1. The van der Waals surface area contributed by atoms with Gasteiger partial charge in [0.1, 0.15) is 12.4 Å². The van der Waals surface area contributed by atoms with Crippen molar-refractivity contribution in [1.29, 1.82) is 0 Å². The van der Waals surface area contributed by atoms with Gasteiger partial charge in [0, 0.05) is 23.5 Å². The van der Waals surface area contributed by atoms with E-state index in [2.05, 4.69) is 5.32 Å². The van der Waals surface area contributed by atoms with Gasteiger partial charge in [-0.05, 0) is 55.5 Å². The highest BCUT2D eigenvalue weighted by Crippen LogP contribution is 2.15. The van der Waals surface area contributed by atoms with E-state index in [1.807, 2.05) is 6.92 Å². The van der Waals surface area contributed by atoms with Gasteiger partial charge in [0.25, 0.3) is 5.91 Å². The molecule has 2 aromatic carbocycles. The topological polar surface area (TPSA) is 73.6 Å². The maximum Gasteiger partial charge on any atom is 0.255 e. The molecule has 0 aliphatic heterocycles. The quantitative estimate of drug-likeness (QED) is 0.609. The van der Waals surface area contributed by atoms with Crippen LogP contribution in [0, 0.1) is 0 Å². The van der Waals surface area contributed by atoms with E-state index in [4.69, 9.17) is 15.2 Å². The number of hydrogen-bond donors (Lipinski definition) is 2. The molecule has 0 aliphatic rings. The number of carbonyl (C=O) groups is 1. The number of benzene rings is 2. The standard InChI is InChI=1S/C17H20N2O3/c1-2-21-11-12-22-16-9-3-13(4-10-16)17(20)19-15-7-5-14(18)6-8-15/h3-10H,2,11-12,18H2,1H3,(H,19,20). The molecule has 0 saturated heterocycles. The van der Waals surface area contributed by atoms with Crippen molar-refractivity contribution in [3.05, 3.63) is 54.1 Å². The van der Waals surface area contributed by atoms with Gasteiger partial charge in [0.15, 0.2) is 0 Å². The van der Waals surface area contributed by atoms with Gasteiger partial charge in [0.05, 0.1) is 6.61 Å². The Morgan fingerprint density at radius 1 is 1.05 bits per heavy atom. The van der Waals surface area contributed by atoms with E-state index in [0.29, 0.717) is 42.5 Å². The fourth-order valence-electron chi connectivity index (χ4n) is 1.84. The number of nitrogen functional groups attached to an aromatic ring is 1. The molecule has 0 atom stereocenters.